The maximum absolute atomic E-state index is 12.8. The Hall–Kier alpha value is -1.24. The molecule has 0 atom stereocenters. The zero-order valence-electron chi connectivity index (χ0n) is 13.0. The van der Waals surface area contributed by atoms with E-state index in [0.29, 0.717) is 11.4 Å². The van der Waals surface area contributed by atoms with Gasteiger partial charge in [0.05, 0.1) is 16.1 Å². The van der Waals surface area contributed by atoms with E-state index in [-0.39, 0.29) is 0 Å². The summed E-state index contributed by atoms with van der Waals surface area (Å²) < 4.78 is 27.1. The third-order valence-electron chi connectivity index (χ3n) is 3.48. The second-order valence-electron chi connectivity index (χ2n) is 5.35. The highest BCUT2D eigenvalue weighted by molar-refractivity contribution is 7.89. The number of rotatable bonds is 4. The molecule has 1 aromatic carbocycles. The number of benzene rings is 1. The molecule has 0 unspecified atom stereocenters. The molecule has 0 aliphatic rings. The van der Waals surface area contributed by atoms with Gasteiger partial charge in [-0.05, 0) is 38.8 Å². The normalized spacial score (nSPS) is 12.1. The summed E-state index contributed by atoms with van der Waals surface area (Å²) in [6, 6.07) is 3.82. The molecule has 2 rings (SSSR count). The number of sulfonamides is 1. The van der Waals surface area contributed by atoms with Gasteiger partial charge < -0.3 is 0 Å². The van der Waals surface area contributed by atoms with Crippen LogP contribution in [-0.4, -0.2) is 24.8 Å². The first-order valence-electron chi connectivity index (χ1n) is 6.66. The van der Waals surface area contributed by atoms with Crippen LogP contribution >= 0.6 is 11.3 Å². The van der Waals surface area contributed by atoms with Crippen molar-refractivity contribution in [1.82, 2.24) is 9.29 Å². The van der Waals surface area contributed by atoms with Gasteiger partial charge in [-0.25, -0.2) is 13.4 Å². The Labute approximate surface area is 130 Å². The van der Waals surface area contributed by atoms with Crippen molar-refractivity contribution in [2.75, 3.05) is 7.05 Å². The lowest BCUT2D eigenvalue weighted by molar-refractivity contribution is 0.467. The Morgan fingerprint density at radius 3 is 2.19 bits per heavy atom. The molecular formula is C15H20N2O2S2. The van der Waals surface area contributed by atoms with Gasteiger partial charge in [0, 0.05) is 18.5 Å². The van der Waals surface area contributed by atoms with Crippen LogP contribution in [0.4, 0.5) is 0 Å². The summed E-state index contributed by atoms with van der Waals surface area (Å²) in [6.45, 7) is 7.92. The van der Waals surface area contributed by atoms with Crippen LogP contribution in [0.15, 0.2) is 22.5 Å². The Morgan fingerprint density at radius 2 is 1.71 bits per heavy atom. The van der Waals surface area contributed by atoms with E-state index in [1.165, 1.54) is 15.6 Å². The number of hydrogen-bond acceptors (Lipinski definition) is 4. The molecule has 2 aromatic rings. The third-order valence-corrected chi connectivity index (χ3v) is 6.51. The molecule has 0 spiro atoms. The van der Waals surface area contributed by atoms with Crippen molar-refractivity contribution < 1.29 is 8.42 Å². The number of hydrogen-bond donors (Lipinski definition) is 0. The van der Waals surface area contributed by atoms with Crippen LogP contribution in [0.1, 0.15) is 27.3 Å². The lowest BCUT2D eigenvalue weighted by Crippen LogP contribution is -2.27. The molecule has 0 aliphatic carbocycles. The number of nitrogens with zero attached hydrogens (tertiary/aromatic N) is 2. The van der Waals surface area contributed by atoms with Crippen molar-refractivity contribution in [3.05, 3.63) is 44.9 Å². The quantitative estimate of drug-likeness (QED) is 0.868. The van der Waals surface area contributed by atoms with Crippen molar-refractivity contribution in [3.8, 4) is 0 Å². The summed E-state index contributed by atoms with van der Waals surface area (Å²) >= 11 is 1.48. The summed E-state index contributed by atoms with van der Waals surface area (Å²) in [5, 5.41) is 0. The van der Waals surface area contributed by atoms with Gasteiger partial charge in [-0.3, -0.25) is 0 Å². The molecule has 0 aliphatic heterocycles. The number of aromatic nitrogens is 1. The standard InChI is InChI=1S/C15H20N2O2S2/c1-10-6-11(2)15(12(3)7-10)21(18,19)17(5)8-14-13(4)16-9-20-14/h6-7,9H,8H2,1-5H3. The van der Waals surface area contributed by atoms with E-state index in [1.807, 2.05) is 39.8 Å². The first kappa shape index (κ1) is 16.1. The molecule has 0 saturated carbocycles. The van der Waals surface area contributed by atoms with Gasteiger partial charge in [-0.2, -0.15) is 4.31 Å². The first-order chi connectivity index (χ1) is 9.73. The van der Waals surface area contributed by atoms with Crippen molar-refractivity contribution in [1.29, 1.82) is 0 Å². The largest absolute Gasteiger partial charge is 0.250 e. The van der Waals surface area contributed by atoms with Crippen LogP contribution in [0.2, 0.25) is 0 Å². The maximum Gasteiger partial charge on any atom is 0.243 e. The summed E-state index contributed by atoms with van der Waals surface area (Å²) in [4.78, 5) is 5.56. The monoisotopic (exact) mass is 324 g/mol. The van der Waals surface area contributed by atoms with Crippen molar-refractivity contribution >= 4 is 21.4 Å². The Balaban J connectivity index is 2.40. The topological polar surface area (TPSA) is 50.3 Å². The minimum absolute atomic E-state index is 0.353. The molecule has 0 N–H and O–H groups in total. The molecule has 1 aromatic heterocycles. The lowest BCUT2D eigenvalue weighted by Gasteiger charge is -2.20. The van der Waals surface area contributed by atoms with Crippen LogP contribution in [0, 0.1) is 27.7 Å². The zero-order valence-corrected chi connectivity index (χ0v) is 14.6. The van der Waals surface area contributed by atoms with Gasteiger partial charge >= 0.3 is 0 Å². The minimum Gasteiger partial charge on any atom is -0.250 e. The van der Waals surface area contributed by atoms with E-state index in [4.69, 9.17) is 0 Å². The van der Waals surface area contributed by atoms with Gasteiger partial charge in [-0.15, -0.1) is 11.3 Å². The molecule has 0 radical (unpaired) electrons. The van der Waals surface area contributed by atoms with E-state index in [9.17, 15) is 8.42 Å². The molecule has 0 bridgehead atoms. The van der Waals surface area contributed by atoms with Gasteiger partial charge in [0.1, 0.15) is 0 Å². The summed E-state index contributed by atoms with van der Waals surface area (Å²) in [5.74, 6) is 0. The predicted octanol–water partition coefficient (Wildman–Crippen LogP) is 3.20. The zero-order chi connectivity index (χ0) is 15.8. The van der Waals surface area contributed by atoms with Crippen LogP contribution < -0.4 is 0 Å². The van der Waals surface area contributed by atoms with E-state index in [1.54, 1.807) is 12.6 Å². The summed E-state index contributed by atoms with van der Waals surface area (Å²) in [5.41, 5.74) is 5.29. The first-order valence-corrected chi connectivity index (χ1v) is 8.98. The van der Waals surface area contributed by atoms with E-state index >= 15 is 0 Å². The van der Waals surface area contributed by atoms with Crippen molar-refractivity contribution in [3.63, 3.8) is 0 Å². The SMILES string of the molecule is Cc1cc(C)c(S(=O)(=O)N(C)Cc2scnc2C)c(C)c1. The molecule has 21 heavy (non-hydrogen) atoms. The fourth-order valence-electron chi connectivity index (χ4n) is 2.49. The Kier molecular flexibility index (Phi) is 4.51. The fourth-order valence-corrected chi connectivity index (χ4v) is 4.95. The van der Waals surface area contributed by atoms with Crippen LogP contribution in [0.25, 0.3) is 0 Å². The number of aryl methyl sites for hydroxylation is 4. The van der Waals surface area contributed by atoms with Crippen molar-refractivity contribution in [2.45, 2.75) is 39.1 Å². The highest BCUT2D eigenvalue weighted by atomic mass is 32.2. The lowest BCUT2D eigenvalue weighted by atomic mass is 10.1. The Morgan fingerprint density at radius 1 is 1.14 bits per heavy atom. The summed E-state index contributed by atoms with van der Waals surface area (Å²) in [6.07, 6.45) is 0. The smallest absolute Gasteiger partial charge is 0.243 e. The van der Waals surface area contributed by atoms with Gasteiger partial charge in [0.15, 0.2) is 0 Å². The molecule has 114 valence electrons. The molecule has 1 heterocycles. The van der Waals surface area contributed by atoms with Crippen LogP contribution in [-0.2, 0) is 16.6 Å². The molecule has 0 fully saturated rings. The van der Waals surface area contributed by atoms with Crippen LogP contribution in [0.5, 0.6) is 0 Å². The predicted molar refractivity (Wildman–Crippen MR) is 86.2 cm³/mol. The second kappa shape index (κ2) is 5.87. The minimum atomic E-state index is -3.50. The average Bonchev–Trinajstić information content (AvgIpc) is 2.73. The molecule has 0 saturated heterocycles. The molecular weight excluding hydrogens is 304 g/mol. The van der Waals surface area contributed by atoms with Crippen molar-refractivity contribution in [2.24, 2.45) is 0 Å². The van der Waals surface area contributed by atoms with Gasteiger partial charge in [-0.1, -0.05) is 17.7 Å². The third kappa shape index (κ3) is 3.17. The van der Waals surface area contributed by atoms with Crippen LogP contribution in [0.3, 0.4) is 0 Å². The fraction of sp³-hybridized carbons (Fsp3) is 0.400. The summed E-state index contributed by atoms with van der Waals surface area (Å²) in [7, 11) is -1.88. The second-order valence-corrected chi connectivity index (χ2v) is 8.27. The highest BCUT2D eigenvalue weighted by Gasteiger charge is 2.25. The molecule has 0 amide bonds. The molecule has 6 heteroatoms. The maximum atomic E-state index is 12.8. The average molecular weight is 324 g/mol. The Bertz CT molecular complexity index is 741. The highest BCUT2D eigenvalue weighted by Crippen LogP contribution is 2.26. The van der Waals surface area contributed by atoms with E-state index < -0.39 is 10.0 Å². The molecule has 4 nitrogen and oxygen atoms in total. The number of thiazole rings is 1. The van der Waals surface area contributed by atoms with Gasteiger partial charge in [0.2, 0.25) is 10.0 Å². The van der Waals surface area contributed by atoms with E-state index in [2.05, 4.69) is 4.98 Å². The van der Waals surface area contributed by atoms with E-state index in [0.717, 1.165) is 27.3 Å². The van der Waals surface area contributed by atoms with Gasteiger partial charge in [0.25, 0.3) is 0 Å².